The lowest BCUT2D eigenvalue weighted by atomic mass is 10.0. The maximum absolute atomic E-state index is 12.5. The summed E-state index contributed by atoms with van der Waals surface area (Å²) in [6.07, 6.45) is 30.0. The Morgan fingerprint density at radius 1 is 0.612 bits per heavy atom. The molecule has 0 spiro atoms. The first-order valence-corrected chi connectivity index (χ1v) is 20.7. The third kappa shape index (κ3) is 33.1. The molecular formula is C37H70NO10P. The zero-order valence-electron chi connectivity index (χ0n) is 30.8. The summed E-state index contributed by atoms with van der Waals surface area (Å²) in [6.45, 7) is 2.76. The highest BCUT2D eigenvalue weighted by atomic mass is 31.2. The van der Waals surface area contributed by atoms with Gasteiger partial charge in [0.2, 0.25) is 0 Å². The minimum absolute atomic E-state index is 0.163. The van der Waals surface area contributed by atoms with Crippen molar-refractivity contribution in [3.8, 4) is 0 Å². The van der Waals surface area contributed by atoms with E-state index in [0.29, 0.717) is 12.8 Å². The lowest BCUT2D eigenvalue weighted by molar-refractivity contribution is -0.161. The molecule has 288 valence electrons. The average molecular weight is 720 g/mol. The Hall–Kier alpha value is -1.78. The second-order valence-electron chi connectivity index (χ2n) is 13.1. The topological polar surface area (TPSA) is 172 Å². The molecule has 0 aromatic rings. The van der Waals surface area contributed by atoms with Crippen molar-refractivity contribution in [1.29, 1.82) is 0 Å². The normalized spacial score (nSPS) is 14.0. The number of hydrogen-bond donors (Lipinski definition) is 3. The summed E-state index contributed by atoms with van der Waals surface area (Å²) in [5.74, 6) is -2.39. The van der Waals surface area contributed by atoms with Crippen LogP contribution in [-0.2, 0) is 37.5 Å². The largest absolute Gasteiger partial charge is 0.480 e. The van der Waals surface area contributed by atoms with E-state index in [2.05, 4.69) is 30.5 Å². The second-order valence-corrected chi connectivity index (χ2v) is 14.5. The third-order valence-electron chi connectivity index (χ3n) is 8.26. The van der Waals surface area contributed by atoms with Crippen LogP contribution >= 0.6 is 7.82 Å². The predicted molar refractivity (Wildman–Crippen MR) is 194 cm³/mol. The van der Waals surface area contributed by atoms with Crippen molar-refractivity contribution in [1.82, 2.24) is 0 Å². The van der Waals surface area contributed by atoms with Gasteiger partial charge in [-0.15, -0.1) is 0 Å². The van der Waals surface area contributed by atoms with E-state index < -0.39 is 51.1 Å². The zero-order valence-corrected chi connectivity index (χ0v) is 31.7. The van der Waals surface area contributed by atoms with Crippen LogP contribution in [0.2, 0.25) is 0 Å². The number of carbonyl (C=O) groups is 3. The number of carboxylic acid groups (broad SMARTS) is 1. The van der Waals surface area contributed by atoms with Crippen molar-refractivity contribution in [3.05, 3.63) is 12.2 Å². The number of nitrogens with two attached hydrogens (primary N) is 1. The van der Waals surface area contributed by atoms with E-state index in [1.54, 1.807) is 0 Å². The molecule has 49 heavy (non-hydrogen) atoms. The van der Waals surface area contributed by atoms with Crippen LogP contribution in [0.1, 0.15) is 174 Å². The van der Waals surface area contributed by atoms with Crippen molar-refractivity contribution in [2.45, 2.75) is 187 Å². The highest BCUT2D eigenvalue weighted by Crippen LogP contribution is 2.43. The van der Waals surface area contributed by atoms with Crippen molar-refractivity contribution < 1.29 is 47.5 Å². The van der Waals surface area contributed by atoms with Crippen LogP contribution in [0.4, 0.5) is 0 Å². The molecule has 3 atom stereocenters. The molecule has 0 aromatic carbocycles. The number of phosphoric acid groups is 1. The predicted octanol–water partition coefficient (Wildman–Crippen LogP) is 9.34. The van der Waals surface area contributed by atoms with Gasteiger partial charge in [-0.25, -0.2) is 4.57 Å². The van der Waals surface area contributed by atoms with Crippen LogP contribution in [0, 0.1) is 0 Å². The second kappa shape index (κ2) is 33.4. The summed E-state index contributed by atoms with van der Waals surface area (Å²) < 4.78 is 32.5. The molecule has 0 aromatic heterocycles. The Morgan fingerprint density at radius 2 is 1.02 bits per heavy atom. The van der Waals surface area contributed by atoms with Gasteiger partial charge in [0, 0.05) is 12.8 Å². The molecule has 0 radical (unpaired) electrons. The number of hydrogen-bond acceptors (Lipinski definition) is 9. The van der Waals surface area contributed by atoms with E-state index in [9.17, 15) is 23.8 Å². The standard InChI is InChI=1S/C37H70NO10P/c1-3-5-7-9-11-13-15-17-19-20-22-24-26-28-35(39)45-30-33(31-46-49(43,44)47-32-34(38)37(41)42)48-36(40)29-27-25-23-21-18-16-14-12-10-8-6-4-2/h17,19,33-34H,3-16,18,20-32,38H2,1-2H3,(H,41,42)(H,43,44)/b19-17+/t33-,34+/m1/s1. The van der Waals surface area contributed by atoms with Crippen LogP contribution in [0.3, 0.4) is 0 Å². The van der Waals surface area contributed by atoms with E-state index in [0.717, 1.165) is 44.9 Å². The number of esters is 2. The summed E-state index contributed by atoms with van der Waals surface area (Å²) >= 11 is 0. The number of rotatable bonds is 36. The lowest BCUT2D eigenvalue weighted by Gasteiger charge is -2.20. The number of phosphoric ester groups is 1. The number of unbranched alkanes of at least 4 members (excludes halogenated alkanes) is 20. The fraction of sp³-hybridized carbons (Fsp3) is 0.865. The van der Waals surface area contributed by atoms with E-state index in [1.807, 2.05) is 0 Å². The lowest BCUT2D eigenvalue weighted by Crippen LogP contribution is -2.34. The first-order chi connectivity index (χ1) is 23.6. The van der Waals surface area contributed by atoms with Gasteiger partial charge in [-0.05, 0) is 38.5 Å². The molecule has 1 unspecified atom stereocenters. The van der Waals surface area contributed by atoms with Crippen molar-refractivity contribution >= 4 is 25.7 Å². The van der Waals surface area contributed by atoms with Gasteiger partial charge in [0.05, 0.1) is 13.2 Å². The van der Waals surface area contributed by atoms with Gasteiger partial charge in [0.15, 0.2) is 6.10 Å². The van der Waals surface area contributed by atoms with Gasteiger partial charge in [-0.1, -0.05) is 135 Å². The molecule has 0 bridgehead atoms. The van der Waals surface area contributed by atoms with Gasteiger partial charge in [-0.3, -0.25) is 23.4 Å². The van der Waals surface area contributed by atoms with Crippen molar-refractivity contribution in [2.75, 3.05) is 19.8 Å². The van der Waals surface area contributed by atoms with Gasteiger partial charge in [0.1, 0.15) is 12.6 Å². The summed E-state index contributed by atoms with van der Waals surface area (Å²) in [7, 11) is -4.71. The maximum Gasteiger partial charge on any atom is 0.472 e. The van der Waals surface area contributed by atoms with Gasteiger partial charge < -0.3 is 25.2 Å². The number of carboxylic acids is 1. The van der Waals surface area contributed by atoms with Crippen LogP contribution < -0.4 is 5.73 Å². The van der Waals surface area contributed by atoms with E-state index in [4.69, 9.17) is 24.8 Å². The van der Waals surface area contributed by atoms with Gasteiger partial charge in [0.25, 0.3) is 0 Å². The Balaban J connectivity index is 4.45. The molecule has 0 aliphatic rings. The molecular weight excluding hydrogens is 649 g/mol. The quantitative estimate of drug-likeness (QED) is 0.0244. The van der Waals surface area contributed by atoms with Crippen LogP contribution in [0.25, 0.3) is 0 Å². The summed E-state index contributed by atoms with van der Waals surface area (Å²) in [5.41, 5.74) is 5.31. The molecule has 12 heteroatoms. The number of carbonyl (C=O) groups excluding carboxylic acids is 2. The maximum atomic E-state index is 12.5. The molecule has 0 aliphatic heterocycles. The molecule has 0 rings (SSSR count). The summed E-state index contributed by atoms with van der Waals surface area (Å²) in [5, 5.41) is 8.85. The molecule has 0 heterocycles. The Kier molecular flexibility index (Phi) is 32.2. The Labute approximate surface area is 297 Å². The Morgan fingerprint density at radius 3 is 1.51 bits per heavy atom. The smallest absolute Gasteiger partial charge is 0.472 e. The molecule has 0 fully saturated rings. The minimum Gasteiger partial charge on any atom is -0.480 e. The number of aliphatic carboxylic acids is 1. The molecule has 0 saturated carbocycles. The van der Waals surface area contributed by atoms with Crippen LogP contribution in [0.5, 0.6) is 0 Å². The highest BCUT2D eigenvalue weighted by Gasteiger charge is 2.28. The van der Waals surface area contributed by atoms with Crippen LogP contribution in [-0.4, -0.2) is 59.9 Å². The summed E-state index contributed by atoms with van der Waals surface area (Å²) in [4.78, 5) is 45.7. The molecule has 11 nitrogen and oxygen atoms in total. The summed E-state index contributed by atoms with van der Waals surface area (Å²) in [6, 6.07) is -1.52. The SMILES string of the molecule is CCCCCCCC/C=C/CCCCCC(=O)OC[C@H](COP(=O)(O)OC[C@H](N)C(=O)O)OC(=O)CCCCCCCCCCCCCC. The highest BCUT2D eigenvalue weighted by molar-refractivity contribution is 7.47. The first-order valence-electron chi connectivity index (χ1n) is 19.2. The monoisotopic (exact) mass is 719 g/mol. The average Bonchev–Trinajstić information content (AvgIpc) is 3.07. The Bertz CT molecular complexity index is 900. The minimum atomic E-state index is -4.71. The fourth-order valence-electron chi connectivity index (χ4n) is 5.18. The first kappa shape index (κ1) is 47.2. The van der Waals surface area contributed by atoms with Gasteiger partial charge in [-0.2, -0.15) is 0 Å². The van der Waals surface area contributed by atoms with E-state index in [1.165, 1.54) is 89.9 Å². The number of ether oxygens (including phenoxy) is 2. The molecule has 0 amide bonds. The van der Waals surface area contributed by atoms with E-state index in [-0.39, 0.29) is 19.4 Å². The number of allylic oxidation sites excluding steroid dienone is 2. The van der Waals surface area contributed by atoms with Crippen molar-refractivity contribution in [3.63, 3.8) is 0 Å². The van der Waals surface area contributed by atoms with Gasteiger partial charge >= 0.3 is 25.7 Å². The van der Waals surface area contributed by atoms with Crippen molar-refractivity contribution in [2.24, 2.45) is 5.73 Å². The third-order valence-corrected chi connectivity index (χ3v) is 9.21. The molecule has 0 saturated heterocycles. The molecule has 0 aliphatic carbocycles. The molecule has 4 N–H and O–H groups in total. The zero-order chi connectivity index (χ0) is 36.4. The fourth-order valence-corrected chi connectivity index (χ4v) is 5.95. The van der Waals surface area contributed by atoms with E-state index >= 15 is 0 Å². The van der Waals surface area contributed by atoms with Crippen LogP contribution in [0.15, 0.2) is 12.2 Å².